The van der Waals surface area contributed by atoms with Crippen LogP contribution in [0.5, 0.6) is 17.2 Å². The summed E-state index contributed by atoms with van der Waals surface area (Å²) in [7, 11) is 1.60. The molecule has 5 heteroatoms. The van der Waals surface area contributed by atoms with Gasteiger partial charge in [-0.2, -0.15) is 0 Å². The van der Waals surface area contributed by atoms with E-state index in [1.807, 2.05) is 32.0 Å². The Labute approximate surface area is 172 Å². The highest BCUT2D eigenvalue weighted by molar-refractivity contribution is 6.32. The second-order valence-corrected chi connectivity index (χ2v) is 6.97. The molecule has 150 valence electrons. The zero-order valence-electron chi connectivity index (χ0n) is 16.9. The highest BCUT2D eigenvalue weighted by Crippen LogP contribution is 2.29. The zero-order valence-corrected chi connectivity index (χ0v) is 17.6. The van der Waals surface area contributed by atoms with Crippen LogP contribution in [0, 0.1) is 13.8 Å². The molecule has 0 fully saturated rings. The number of methoxy groups -OCH3 is 1. The number of ether oxygens (including phenoxy) is 3. The van der Waals surface area contributed by atoms with E-state index in [4.69, 9.17) is 25.8 Å². The molecule has 0 radical (unpaired) electrons. The van der Waals surface area contributed by atoms with Crippen LogP contribution in [0.25, 0.3) is 6.08 Å². The van der Waals surface area contributed by atoms with Gasteiger partial charge in [0.05, 0.1) is 13.7 Å². The van der Waals surface area contributed by atoms with Gasteiger partial charge in [-0.25, -0.2) is 4.79 Å². The third-order valence-corrected chi connectivity index (χ3v) is 4.83. The molecule has 0 atom stereocenters. The van der Waals surface area contributed by atoms with E-state index in [0.717, 1.165) is 36.0 Å². The predicted octanol–water partition coefficient (Wildman–Crippen LogP) is 6.15. The number of carbonyl (C=O) groups excluding carboxylic acids is 1. The normalized spacial score (nSPS) is 10.9. The summed E-state index contributed by atoms with van der Waals surface area (Å²) in [5, 5.41) is 0.680. The molecule has 0 heterocycles. The summed E-state index contributed by atoms with van der Waals surface area (Å²) < 4.78 is 16.5. The largest absolute Gasteiger partial charge is 0.493 e. The standard InChI is InChI=1S/C23H27ClO4/c1-5-6-7-12-27-20-10-8-18(15-21(20)26-4)9-11-22(25)28-19-13-16(2)23(24)17(3)14-19/h8-11,13-15H,5-7,12H2,1-4H3/b11-9+. The zero-order chi connectivity index (χ0) is 20.5. The van der Waals surface area contributed by atoms with Crippen LogP contribution in [0.1, 0.15) is 42.9 Å². The number of esters is 1. The van der Waals surface area contributed by atoms with Crippen molar-refractivity contribution in [3.05, 3.63) is 58.1 Å². The second kappa shape index (κ2) is 10.8. The van der Waals surface area contributed by atoms with Crippen molar-refractivity contribution < 1.29 is 19.0 Å². The van der Waals surface area contributed by atoms with Crippen LogP contribution in [0.15, 0.2) is 36.4 Å². The van der Waals surface area contributed by atoms with Gasteiger partial charge in [-0.05, 0) is 67.3 Å². The lowest BCUT2D eigenvalue weighted by Crippen LogP contribution is -2.04. The van der Waals surface area contributed by atoms with Crippen LogP contribution in [-0.2, 0) is 4.79 Å². The number of rotatable bonds is 9. The summed E-state index contributed by atoms with van der Waals surface area (Å²) in [5.41, 5.74) is 2.55. The van der Waals surface area contributed by atoms with Gasteiger partial charge in [0.2, 0.25) is 0 Å². The second-order valence-electron chi connectivity index (χ2n) is 6.59. The fourth-order valence-electron chi connectivity index (χ4n) is 2.72. The van der Waals surface area contributed by atoms with Crippen molar-refractivity contribution in [2.45, 2.75) is 40.0 Å². The highest BCUT2D eigenvalue weighted by atomic mass is 35.5. The molecule has 0 unspecified atom stereocenters. The van der Waals surface area contributed by atoms with Gasteiger partial charge in [-0.15, -0.1) is 0 Å². The first-order valence-electron chi connectivity index (χ1n) is 9.42. The maximum Gasteiger partial charge on any atom is 0.336 e. The minimum absolute atomic E-state index is 0.458. The van der Waals surface area contributed by atoms with Crippen LogP contribution in [-0.4, -0.2) is 19.7 Å². The highest BCUT2D eigenvalue weighted by Gasteiger charge is 2.08. The number of halogens is 1. The average Bonchev–Trinajstić information content (AvgIpc) is 2.68. The van der Waals surface area contributed by atoms with E-state index in [9.17, 15) is 4.79 Å². The Bertz CT molecular complexity index is 819. The summed E-state index contributed by atoms with van der Waals surface area (Å²) in [6, 6.07) is 9.04. The SMILES string of the molecule is CCCCCOc1ccc(/C=C/C(=O)Oc2cc(C)c(Cl)c(C)c2)cc1OC. The van der Waals surface area contributed by atoms with Crippen LogP contribution in [0.2, 0.25) is 5.02 Å². The number of hydrogen-bond acceptors (Lipinski definition) is 4. The lowest BCUT2D eigenvalue weighted by Gasteiger charge is -2.11. The molecular formula is C23H27ClO4. The van der Waals surface area contributed by atoms with Gasteiger partial charge >= 0.3 is 5.97 Å². The molecule has 2 aromatic carbocycles. The predicted molar refractivity (Wildman–Crippen MR) is 114 cm³/mol. The van der Waals surface area contributed by atoms with Crippen molar-refractivity contribution in [3.63, 3.8) is 0 Å². The summed E-state index contributed by atoms with van der Waals surface area (Å²) in [5.74, 6) is 1.35. The first-order chi connectivity index (χ1) is 13.4. The smallest absolute Gasteiger partial charge is 0.336 e. The van der Waals surface area contributed by atoms with Gasteiger partial charge in [0, 0.05) is 11.1 Å². The molecule has 0 aliphatic heterocycles. The van der Waals surface area contributed by atoms with Crippen LogP contribution in [0.3, 0.4) is 0 Å². The van der Waals surface area contributed by atoms with E-state index in [0.29, 0.717) is 28.9 Å². The summed E-state index contributed by atoms with van der Waals surface area (Å²) >= 11 is 6.14. The molecule has 0 saturated carbocycles. The van der Waals surface area contributed by atoms with Gasteiger partial charge in [0.15, 0.2) is 11.5 Å². The third kappa shape index (κ3) is 6.31. The van der Waals surface area contributed by atoms with E-state index in [1.165, 1.54) is 6.08 Å². The molecule has 0 amide bonds. The molecule has 0 spiro atoms. The minimum Gasteiger partial charge on any atom is -0.493 e. The molecule has 0 N–H and O–H groups in total. The lowest BCUT2D eigenvalue weighted by molar-refractivity contribution is -0.128. The maximum absolute atomic E-state index is 12.1. The van der Waals surface area contributed by atoms with Crippen LogP contribution < -0.4 is 14.2 Å². The molecule has 2 rings (SSSR count). The van der Waals surface area contributed by atoms with Gasteiger partial charge in [-0.1, -0.05) is 37.4 Å². The average molecular weight is 403 g/mol. The fourth-order valence-corrected chi connectivity index (χ4v) is 2.83. The summed E-state index contributed by atoms with van der Waals surface area (Å²) in [6.07, 6.45) is 6.36. The molecule has 4 nitrogen and oxygen atoms in total. The molecule has 0 saturated heterocycles. The molecule has 0 aliphatic rings. The Kier molecular flexibility index (Phi) is 8.40. The molecule has 0 bridgehead atoms. The van der Waals surface area contributed by atoms with Gasteiger partial charge in [0.25, 0.3) is 0 Å². The number of hydrogen-bond donors (Lipinski definition) is 0. The van der Waals surface area contributed by atoms with Crippen LogP contribution in [0.4, 0.5) is 0 Å². The number of carbonyl (C=O) groups is 1. The Morgan fingerprint density at radius 3 is 2.43 bits per heavy atom. The molecule has 0 aromatic heterocycles. The van der Waals surface area contributed by atoms with E-state index in [2.05, 4.69) is 6.92 Å². The molecular weight excluding hydrogens is 376 g/mol. The number of unbranched alkanes of at least 4 members (excludes halogenated alkanes) is 2. The first-order valence-corrected chi connectivity index (χ1v) is 9.80. The number of benzene rings is 2. The van der Waals surface area contributed by atoms with E-state index < -0.39 is 5.97 Å². The van der Waals surface area contributed by atoms with Crippen molar-refractivity contribution in [3.8, 4) is 17.2 Å². The Morgan fingerprint density at radius 2 is 1.79 bits per heavy atom. The van der Waals surface area contributed by atoms with Crippen molar-refractivity contribution in [1.29, 1.82) is 0 Å². The Morgan fingerprint density at radius 1 is 1.07 bits per heavy atom. The summed E-state index contributed by atoms with van der Waals surface area (Å²) in [6.45, 7) is 6.56. The van der Waals surface area contributed by atoms with Gasteiger partial charge in [-0.3, -0.25) is 0 Å². The van der Waals surface area contributed by atoms with Crippen molar-refractivity contribution in [2.75, 3.05) is 13.7 Å². The summed E-state index contributed by atoms with van der Waals surface area (Å²) in [4.78, 5) is 12.1. The first kappa shape index (κ1) is 21.8. The maximum atomic E-state index is 12.1. The van der Waals surface area contributed by atoms with Crippen LogP contribution >= 0.6 is 11.6 Å². The van der Waals surface area contributed by atoms with Crippen molar-refractivity contribution in [2.24, 2.45) is 0 Å². The van der Waals surface area contributed by atoms with Crippen molar-refractivity contribution >= 4 is 23.6 Å². The number of aryl methyl sites for hydroxylation is 2. The monoisotopic (exact) mass is 402 g/mol. The third-order valence-electron chi connectivity index (χ3n) is 4.23. The van der Waals surface area contributed by atoms with Gasteiger partial charge < -0.3 is 14.2 Å². The minimum atomic E-state index is -0.458. The topological polar surface area (TPSA) is 44.8 Å². The Balaban J connectivity index is 2.01. The molecule has 0 aliphatic carbocycles. The van der Waals surface area contributed by atoms with E-state index >= 15 is 0 Å². The van der Waals surface area contributed by atoms with Crippen molar-refractivity contribution in [1.82, 2.24) is 0 Å². The van der Waals surface area contributed by atoms with E-state index in [-0.39, 0.29) is 0 Å². The molecule has 2 aromatic rings. The fraction of sp³-hybridized carbons (Fsp3) is 0.348. The quantitative estimate of drug-likeness (QED) is 0.218. The lowest BCUT2D eigenvalue weighted by atomic mass is 10.1. The van der Waals surface area contributed by atoms with Gasteiger partial charge in [0.1, 0.15) is 5.75 Å². The molecule has 28 heavy (non-hydrogen) atoms. The van der Waals surface area contributed by atoms with E-state index in [1.54, 1.807) is 25.3 Å². The Hall–Kier alpha value is -2.46.